The summed E-state index contributed by atoms with van der Waals surface area (Å²) in [5.41, 5.74) is 0.278. The molecule has 0 atom stereocenters. The number of hydrogen-bond donors (Lipinski definition) is 1. The molecule has 1 rings (SSSR count). The quantitative estimate of drug-likeness (QED) is 0.898. The normalized spacial score (nSPS) is 10.8. The second-order valence-electron chi connectivity index (χ2n) is 5.42. The highest BCUT2D eigenvalue weighted by Gasteiger charge is 2.16. The van der Waals surface area contributed by atoms with Crippen molar-refractivity contribution in [3.05, 3.63) is 29.8 Å². The van der Waals surface area contributed by atoms with Gasteiger partial charge in [-0.25, -0.2) is 4.79 Å². The van der Waals surface area contributed by atoms with E-state index in [9.17, 15) is 9.59 Å². The van der Waals surface area contributed by atoms with Crippen LogP contribution in [-0.2, 0) is 16.0 Å². The van der Waals surface area contributed by atoms with Crippen LogP contribution in [0.4, 0.5) is 4.79 Å². The average Bonchev–Trinajstić information content (AvgIpc) is 2.34. The fourth-order valence-electron chi connectivity index (χ4n) is 1.56. The minimum atomic E-state index is -0.587. The van der Waals surface area contributed by atoms with Crippen LogP contribution in [0.25, 0.3) is 0 Å². The van der Waals surface area contributed by atoms with Gasteiger partial charge in [-0.15, -0.1) is 0 Å². The molecule has 0 fully saturated rings. The van der Waals surface area contributed by atoms with Crippen molar-refractivity contribution in [2.24, 2.45) is 0 Å². The highest BCUT2D eigenvalue weighted by molar-refractivity contribution is 5.85. The van der Waals surface area contributed by atoms with Crippen LogP contribution in [0.3, 0.4) is 0 Å². The zero-order valence-electron chi connectivity index (χ0n) is 12.4. The number of ether oxygens (including phenoxy) is 2. The van der Waals surface area contributed by atoms with E-state index in [0.29, 0.717) is 5.75 Å². The number of nitrogens with one attached hydrogen (secondary N) is 1. The monoisotopic (exact) mass is 279 g/mol. The predicted molar refractivity (Wildman–Crippen MR) is 75.9 cm³/mol. The number of alkyl carbamates (subject to hydrolysis) is 1. The van der Waals surface area contributed by atoms with Gasteiger partial charge in [-0.2, -0.15) is 0 Å². The number of methoxy groups -OCH3 is 1. The second-order valence-corrected chi connectivity index (χ2v) is 5.42. The van der Waals surface area contributed by atoms with Crippen LogP contribution >= 0.6 is 0 Å². The predicted octanol–water partition coefficient (Wildman–Crippen LogP) is 2.33. The molecule has 1 aromatic carbocycles. The molecule has 5 heteroatoms. The number of carbonyl (C=O) groups excluding carboxylic acids is 2. The first-order valence-corrected chi connectivity index (χ1v) is 6.41. The van der Waals surface area contributed by atoms with Crippen molar-refractivity contribution in [3.63, 3.8) is 0 Å². The first kappa shape index (κ1) is 16.0. The Morgan fingerprint density at radius 3 is 2.55 bits per heavy atom. The van der Waals surface area contributed by atoms with Gasteiger partial charge in [0.1, 0.15) is 11.4 Å². The SMILES string of the molecule is COc1cccc(CC(=O)CNC(=O)OC(C)(C)C)c1. The van der Waals surface area contributed by atoms with Crippen LogP contribution in [0, 0.1) is 0 Å². The van der Waals surface area contributed by atoms with Crippen LogP contribution in [-0.4, -0.2) is 31.1 Å². The van der Waals surface area contributed by atoms with Crippen molar-refractivity contribution >= 4 is 11.9 Å². The molecule has 0 radical (unpaired) electrons. The molecule has 110 valence electrons. The molecule has 0 saturated carbocycles. The van der Waals surface area contributed by atoms with Crippen LogP contribution in [0.2, 0.25) is 0 Å². The van der Waals surface area contributed by atoms with Gasteiger partial charge in [0.2, 0.25) is 0 Å². The van der Waals surface area contributed by atoms with E-state index in [2.05, 4.69) is 5.32 Å². The molecule has 0 aliphatic heterocycles. The third-order valence-electron chi connectivity index (χ3n) is 2.36. The molecule has 0 spiro atoms. The minimum Gasteiger partial charge on any atom is -0.497 e. The highest BCUT2D eigenvalue weighted by atomic mass is 16.6. The Bertz CT molecular complexity index is 477. The Hall–Kier alpha value is -2.04. The number of Topliss-reactive ketones (excluding diaryl/α,β-unsaturated/α-hetero) is 1. The first-order chi connectivity index (χ1) is 9.30. The van der Waals surface area contributed by atoms with Crippen LogP contribution in [0.1, 0.15) is 26.3 Å². The van der Waals surface area contributed by atoms with E-state index >= 15 is 0 Å². The smallest absolute Gasteiger partial charge is 0.408 e. The topological polar surface area (TPSA) is 64.6 Å². The van der Waals surface area contributed by atoms with Gasteiger partial charge in [-0.05, 0) is 38.5 Å². The summed E-state index contributed by atoms with van der Waals surface area (Å²) in [6.07, 6.45) is -0.344. The number of hydrogen-bond acceptors (Lipinski definition) is 4. The standard InChI is InChI=1S/C15H21NO4/c1-15(2,3)20-14(18)16-10-12(17)8-11-6-5-7-13(9-11)19-4/h5-7,9H,8,10H2,1-4H3,(H,16,18). The van der Waals surface area contributed by atoms with Crippen molar-refractivity contribution in [2.45, 2.75) is 32.8 Å². The van der Waals surface area contributed by atoms with Gasteiger partial charge < -0.3 is 14.8 Å². The lowest BCUT2D eigenvalue weighted by Gasteiger charge is -2.19. The largest absolute Gasteiger partial charge is 0.497 e. The summed E-state index contributed by atoms with van der Waals surface area (Å²) in [6, 6.07) is 7.27. The molecular weight excluding hydrogens is 258 g/mol. The zero-order chi connectivity index (χ0) is 15.2. The Morgan fingerprint density at radius 1 is 1.25 bits per heavy atom. The highest BCUT2D eigenvalue weighted by Crippen LogP contribution is 2.13. The van der Waals surface area contributed by atoms with Gasteiger partial charge in [0, 0.05) is 6.42 Å². The summed E-state index contributed by atoms with van der Waals surface area (Å²) < 4.78 is 10.1. The maximum Gasteiger partial charge on any atom is 0.408 e. The van der Waals surface area contributed by atoms with Gasteiger partial charge in [0.15, 0.2) is 5.78 Å². The lowest BCUT2D eigenvalue weighted by atomic mass is 10.1. The number of ketones is 1. The molecule has 20 heavy (non-hydrogen) atoms. The van der Waals surface area contributed by atoms with Crippen LogP contribution in [0.15, 0.2) is 24.3 Å². The summed E-state index contributed by atoms with van der Waals surface area (Å²) in [5, 5.41) is 2.45. The van der Waals surface area contributed by atoms with E-state index in [-0.39, 0.29) is 18.7 Å². The van der Waals surface area contributed by atoms with E-state index in [4.69, 9.17) is 9.47 Å². The van der Waals surface area contributed by atoms with E-state index in [1.54, 1.807) is 33.9 Å². The average molecular weight is 279 g/mol. The van der Waals surface area contributed by atoms with E-state index in [1.165, 1.54) is 0 Å². The summed E-state index contributed by atoms with van der Waals surface area (Å²) >= 11 is 0. The molecule has 5 nitrogen and oxygen atoms in total. The van der Waals surface area contributed by atoms with E-state index in [1.807, 2.05) is 18.2 Å². The summed E-state index contributed by atoms with van der Waals surface area (Å²) in [5.74, 6) is 0.611. The van der Waals surface area contributed by atoms with Crippen molar-refractivity contribution in [2.75, 3.05) is 13.7 Å². The molecule has 0 aliphatic carbocycles. The Kier molecular flexibility index (Phi) is 5.55. The maximum absolute atomic E-state index is 11.8. The van der Waals surface area contributed by atoms with Crippen LogP contribution < -0.4 is 10.1 Å². The lowest BCUT2D eigenvalue weighted by Crippen LogP contribution is -2.35. The lowest BCUT2D eigenvalue weighted by molar-refractivity contribution is -0.117. The molecule has 0 aromatic heterocycles. The second kappa shape index (κ2) is 6.93. The van der Waals surface area contributed by atoms with Gasteiger partial charge in [0.25, 0.3) is 0 Å². The van der Waals surface area contributed by atoms with Crippen LogP contribution in [0.5, 0.6) is 5.75 Å². The molecule has 1 amide bonds. The molecule has 0 saturated heterocycles. The summed E-state index contributed by atoms with van der Waals surface area (Å²) in [7, 11) is 1.57. The van der Waals surface area contributed by atoms with Gasteiger partial charge in [0.05, 0.1) is 13.7 Å². The fourth-order valence-corrected chi connectivity index (χ4v) is 1.56. The Labute approximate surface area is 119 Å². The third kappa shape index (κ3) is 6.22. The fraction of sp³-hybridized carbons (Fsp3) is 0.467. The molecule has 1 aromatic rings. The maximum atomic E-state index is 11.8. The molecule has 1 N–H and O–H groups in total. The third-order valence-corrected chi connectivity index (χ3v) is 2.36. The van der Waals surface area contributed by atoms with E-state index in [0.717, 1.165) is 5.56 Å². The van der Waals surface area contributed by atoms with Crippen molar-refractivity contribution in [3.8, 4) is 5.75 Å². The van der Waals surface area contributed by atoms with E-state index < -0.39 is 11.7 Å². The summed E-state index contributed by atoms with van der Waals surface area (Å²) in [6.45, 7) is 5.26. The van der Waals surface area contributed by atoms with Gasteiger partial charge in [-0.1, -0.05) is 12.1 Å². The van der Waals surface area contributed by atoms with Crippen molar-refractivity contribution in [1.82, 2.24) is 5.32 Å². The number of rotatable bonds is 5. The zero-order valence-corrected chi connectivity index (χ0v) is 12.4. The molecular formula is C15H21NO4. The molecule has 0 aliphatic rings. The minimum absolute atomic E-state index is 0.0495. The van der Waals surface area contributed by atoms with Crippen molar-refractivity contribution < 1.29 is 19.1 Å². The Morgan fingerprint density at radius 2 is 1.95 bits per heavy atom. The Balaban J connectivity index is 2.42. The molecule has 0 heterocycles. The molecule has 0 unspecified atom stereocenters. The van der Waals surface area contributed by atoms with Crippen molar-refractivity contribution in [1.29, 1.82) is 0 Å². The van der Waals surface area contributed by atoms with Gasteiger partial charge in [-0.3, -0.25) is 4.79 Å². The number of benzene rings is 1. The number of amides is 1. The van der Waals surface area contributed by atoms with Gasteiger partial charge >= 0.3 is 6.09 Å². The first-order valence-electron chi connectivity index (χ1n) is 6.41. The number of carbonyl (C=O) groups is 2. The summed E-state index contributed by atoms with van der Waals surface area (Å²) in [4.78, 5) is 23.2. The molecule has 0 bridgehead atoms.